The van der Waals surface area contributed by atoms with Gasteiger partial charge >= 0.3 is 17.9 Å². The van der Waals surface area contributed by atoms with Gasteiger partial charge in [-0.05, 0) is 141 Å². The van der Waals surface area contributed by atoms with Crippen LogP contribution in [0.15, 0.2) is 146 Å². The summed E-state index contributed by atoms with van der Waals surface area (Å²) in [5, 5.41) is 0. The van der Waals surface area contributed by atoms with Crippen molar-refractivity contribution in [1.29, 1.82) is 0 Å². The quantitative estimate of drug-likeness (QED) is 0.0261. The summed E-state index contributed by atoms with van der Waals surface area (Å²) >= 11 is 0. The molecule has 6 nitrogen and oxygen atoms in total. The molecule has 0 aromatic carbocycles. The highest BCUT2D eigenvalue weighted by Gasteiger charge is 2.19. The van der Waals surface area contributed by atoms with Gasteiger partial charge in [-0.3, -0.25) is 14.4 Å². The van der Waals surface area contributed by atoms with Crippen LogP contribution in [0.2, 0.25) is 0 Å². The van der Waals surface area contributed by atoms with E-state index in [0.29, 0.717) is 19.3 Å². The van der Waals surface area contributed by atoms with E-state index in [1.807, 2.05) is 0 Å². The Bertz CT molecular complexity index is 1730. The van der Waals surface area contributed by atoms with Crippen molar-refractivity contribution in [2.75, 3.05) is 13.2 Å². The lowest BCUT2D eigenvalue weighted by molar-refractivity contribution is -0.167. The maximum Gasteiger partial charge on any atom is 0.306 e. The molecule has 1 unspecified atom stereocenters. The van der Waals surface area contributed by atoms with Crippen LogP contribution >= 0.6 is 0 Å². The summed E-state index contributed by atoms with van der Waals surface area (Å²) in [7, 11) is 0. The SMILES string of the molecule is CC/C=C\C/C=C\C/C=C\C/C=C\C/C=C\C/C=C\C/C=C\C/C=C\CCCCCCC(=O)OCC(COC(=O)CCCCCCC/C=C\C/C=C\CCCC)OC(=O)CCCCCCCCC/C=C\C/C=C\CCCCCC. The van der Waals surface area contributed by atoms with Crippen molar-refractivity contribution in [2.45, 2.75) is 284 Å². The smallest absolute Gasteiger partial charge is 0.306 e. The molecule has 0 aromatic rings. The molecule has 0 fully saturated rings. The summed E-state index contributed by atoms with van der Waals surface area (Å²) in [5.41, 5.74) is 0. The topological polar surface area (TPSA) is 78.9 Å². The van der Waals surface area contributed by atoms with Crippen molar-refractivity contribution in [3.05, 3.63) is 146 Å². The first-order chi connectivity index (χ1) is 39.0. The summed E-state index contributed by atoms with van der Waals surface area (Å²) in [6, 6.07) is 0. The number of esters is 3. The third kappa shape index (κ3) is 64.0. The van der Waals surface area contributed by atoms with Gasteiger partial charge in [-0.2, -0.15) is 0 Å². The first kappa shape index (κ1) is 74.3. The van der Waals surface area contributed by atoms with Crippen molar-refractivity contribution in [2.24, 2.45) is 0 Å². The van der Waals surface area contributed by atoms with E-state index in [4.69, 9.17) is 14.2 Å². The van der Waals surface area contributed by atoms with Crippen LogP contribution in [0.3, 0.4) is 0 Å². The van der Waals surface area contributed by atoms with E-state index in [1.165, 1.54) is 77.0 Å². The second-order valence-corrected chi connectivity index (χ2v) is 20.9. The van der Waals surface area contributed by atoms with Crippen LogP contribution in [0.4, 0.5) is 0 Å². The fraction of sp³-hybridized carbons (Fsp3) is 0.630. The van der Waals surface area contributed by atoms with Gasteiger partial charge in [0.15, 0.2) is 6.10 Å². The summed E-state index contributed by atoms with van der Waals surface area (Å²) < 4.78 is 16.9. The molecular formula is C73H118O6. The molecule has 79 heavy (non-hydrogen) atoms. The van der Waals surface area contributed by atoms with Crippen LogP contribution in [0, 0.1) is 0 Å². The molecule has 0 aliphatic carbocycles. The summed E-state index contributed by atoms with van der Waals surface area (Å²) in [6.45, 7) is 6.43. The van der Waals surface area contributed by atoms with Crippen LogP contribution in [0.5, 0.6) is 0 Å². The minimum atomic E-state index is -0.806. The third-order valence-electron chi connectivity index (χ3n) is 13.3. The normalized spacial score (nSPS) is 13.1. The predicted molar refractivity (Wildman–Crippen MR) is 343 cm³/mol. The molecule has 0 aliphatic heterocycles. The number of hydrogen-bond acceptors (Lipinski definition) is 6. The van der Waals surface area contributed by atoms with Crippen LogP contribution in [0.1, 0.15) is 278 Å². The average Bonchev–Trinajstić information content (AvgIpc) is 3.45. The van der Waals surface area contributed by atoms with Crippen LogP contribution in [-0.2, 0) is 28.6 Å². The Labute approximate surface area is 487 Å². The number of allylic oxidation sites excluding steroid dienone is 24. The van der Waals surface area contributed by atoms with Crippen LogP contribution in [-0.4, -0.2) is 37.2 Å². The zero-order chi connectivity index (χ0) is 57.1. The minimum absolute atomic E-state index is 0.101. The zero-order valence-corrected chi connectivity index (χ0v) is 51.1. The van der Waals surface area contributed by atoms with Gasteiger partial charge in [0.1, 0.15) is 13.2 Å². The molecule has 0 bridgehead atoms. The molecule has 0 N–H and O–H groups in total. The standard InChI is InChI=1S/C73H118O6/c1-4-7-10-13-16-19-22-25-28-30-32-33-34-35-36-37-38-39-40-41-42-44-45-48-51-54-57-60-63-66-72(75)78-69-70(68-77-71(74)65-62-59-56-53-50-47-27-24-21-18-15-12-9-6-3)79-73(76)67-64-61-58-55-52-49-46-43-31-29-26-23-20-17-14-11-8-5-2/h7,10,15-16,18-20,23-25,27-29,31-33,35-36,38-39,41-42,45,48,70H,4-6,8-9,11-14,17,21-22,26,30,34,37,40,43-44,46-47,49-69H2,1-3H3/b10-7-,18-15-,19-16-,23-20-,27-24-,28-25-,31-29-,33-32-,36-35-,39-38-,42-41-,48-45-. The minimum Gasteiger partial charge on any atom is -0.462 e. The monoisotopic (exact) mass is 1090 g/mol. The van der Waals surface area contributed by atoms with Crippen molar-refractivity contribution in [3.63, 3.8) is 0 Å². The first-order valence-corrected chi connectivity index (χ1v) is 32.3. The van der Waals surface area contributed by atoms with E-state index in [2.05, 4.69) is 167 Å². The number of carbonyl (C=O) groups is 3. The Morgan fingerprint density at radius 3 is 0.810 bits per heavy atom. The fourth-order valence-corrected chi connectivity index (χ4v) is 8.45. The van der Waals surface area contributed by atoms with Crippen molar-refractivity contribution in [1.82, 2.24) is 0 Å². The van der Waals surface area contributed by atoms with Gasteiger partial charge in [-0.1, -0.05) is 263 Å². The maximum absolute atomic E-state index is 12.9. The highest BCUT2D eigenvalue weighted by Crippen LogP contribution is 2.14. The van der Waals surface area contributed by atoms with Crippen molar-refractivity contribution >= 4 is 17.9 Å². The molecule has 0 aromatic heterocycles. The van der Waals surface area contributed by atoms with E-state index in [-0.39, 0.29) is 31.1 Å². The molecule has 0 aliphatic rings. The van der Waals surface area contributed by atoms with E-state index in [9.17, 15) is 14.4 Å². The number of unbranched alkanes of at least 4 members (excludes halogenated alkanes) is 22. The number of rotatable bonds is 57. The van der Waals surface area contributed by atoms with Gasteiger partial charge in [-0.25, -0.2) is 0 Å². The molecule has 6 heteroatoms. The summed E-state index contributed by atoms with van der Waals surface area (Å²) in [4.78, 5) is 38.3. The van der Waals surface area contributed by atoms with Crippen LogP contribution < -0.4 is 0 Å². The molecule has 0 saturated carbocycles. The summed E-state index contributed by atoms with van der Waals surface area (Å²) in [6.07, 6.45) is 94.2. The van der Waals surface area contributed by atoms with Gasteiger partial charge in [-0.15, -0.1) is 0 Å². The van der Waals surface area contributed by atoms with Gasteiger partial charge < -0.3 is 14.2 Å². The molecule has 0 amide bonds. The van der Waals surface area contributed by atoms with E-state index < -0.39 is 6.10 Å². The second-order valence-electron chi connectivity index (χ2n) is 20.9. The lowest BCUT2D eigenvalue weighted by Crippen LogP contribution is -2.30. The lowest BCUT2D eigenvalue weighted by Gasteiger charge is -2.18. The lowest BCUT2D eigenvalue weighted by atomic mass is 10.1. The van der Waals surface area contributed by atoms with Gasteiger partial charge in [0.05, 0.1) is 0 Å². The number of ether oxygens (including phenoxy) is 3. The fourth-order valence-electron chi connectivity index (χ4n) is 8.45. The number of hydrogen-bond donors (Lipinski definition) is 0. The third-order valence-corrected chi connectivity index (χ3v) is 13.3. The maximum atomic E-state index is 12.9. The average molecular weight is 1090 g/mol. The van der Waals surface area contributed by atoms with Crippen LogP contribution in [0.25, 0.3) is 0 Å². The van der Waals surface area contributed by atoms with E-state index in [1.54, 1.807) is 0 Å². The van der Waals surface area contributed by atoms with Gasteiger partial charge in [0, 0.05) is 19.3 Å². The molecule has 0 saturated heterocycles. The molecule has 0 rings (SSSR count). The molecule has 0 spiro atoms. The molecule has 0 heterocycles. The first-order valence-electron chi connectivity index (χ1n) is 32.3. The largest absolute Gasteiger partial charge is 0.462 e. The van der Waals surface area contributed by atoms with E-state index >= 15 is 0 Å². The summed E-state index contributed by atoms with van der Waals surface area (Å²) in [5.74, 6) is -0.948. The highest BCUT2D eigenvalue weighted by atomic mass is 16.6. The van der Waals surface area contributed by atoms with Crippen molar-refractivity contribution in [3.8, 4) is 0 Å². The van der Waals surface area contributed by atoms with Gasteiger partial charge in [0.2, 0.25) is 0 Å². The van der Waals surface area contributed by atoms with Gasteiger partial charge in [0.25, 0.3) is 0 Å². The Morgan fingerprint density at radius 1 is 0.266 bits per heavy atom. The Kier molecular flexibility index (Phi) is 61.9. The molecule has 0 radical (unpaired) electrons. The Balaban J connectivity index is 4.43. The molecular weight excluding hydrogens is 973 g/mol. The zero-order valence-electron chi connectivity index (χ0n) is 51.1. The van der Waals surface area contributed by atoms with E-state index in [0.717, 1.165) is 161 Å². The second kappa shape index (κ2) is 65.8. The Morgan fingerprint density at radius 2 is 0.506 bits per heavy atom. The predicted octanol–water partition coefficient (Wildman–Crippen LogP) is 22.3. The molecule has 446 valence electrons. The Hall–Kier alpha value is -4.71. The van der Waals surface area contributed by atoms with Crippen molar-refractivity contribution < 1.29 is 28.6 Å². The highest BCUT2D eigenvalue weighted by molar-refractivity contribution is 5.71. The molecule has 1 atom stereocenters. The number of carbonyl (C=O) groups excluding carboxylic acids is 3.